The topological polar surface area (TPSA) is 24.9 Å². The number of hydrogen-bond donors (Lipinski definition) is 1. The minimum absolute atomic E-state index is 0.376. The van der Waals surface area contributed by atoms with Crippen molar-refractivity contribution in [3.8, 4) is 0 Å². The summed E-state index contributed by atoms with van der Waals surface area (Å²) in [6.45, 7) is 9.00. The Morgan fingerprint density at radius 3 is 2.47 bits per heavy atom. The van der Waals surface area contributed by atoms with E-state index < -0.39 is 0 Å². The van der Waals surface area contributed by atoms with Crippen LogP contribution >= 0.6 is 11.3 Å². The molecule has 0 amide bonds. The van der Waals surface area contributed by atoms with Crippen LogP contribution in [0, 0.1) is 5.92 Å². The van der Waals surface area contributed by atoms with Gasteiger partial charge in [-0.15, -0.1) is 11.3 Å². The van der Waals surface area contributed by atoms with Crippen molar-refractivity contribution < 1.29 is 0 Å². The Kier molecular flexibility index (Phi) is 5.26. The van der Waals surface area contributed by atoms with Crippen LogP contribution in [0.1, 0.15) is 51.6 Å². The molecule has 0 aromatic carbocycles. The summed E-state index contributed by atoms with van der Waals surface area (Å²) in [6.07, 6.45) is 4.37. The van der Waals surface area contributed by atoms with Crippen molar-refractivity contribution >= 4 is 11.3 Å². The number of nitrogens with zero attached hydrogens (tertiary/aromatic N) is 1. The molecule has 3 heteroatoms. The summed E-state index contributed by atoms with van der Waals surface area (Å²) in [5.74, 6) is 0.771. The molecule has 15 heavy (non-hydrogen) atoms. The summed E-state index contributed by atoms with van der Waals surface area (Å²) in [7, 11) is 0. The molecular weight excluding hydrogens is 204 g/mol. The van der Waals surface area contributed by atoms with Crippen molar-refractivity contribution in [2.45, 2.75) is 52.6 Å². The van der Waals surface area contributed by atoms with Gasteiger partial charge >= 0.3 is 0 Å². The highest BCUT2D eigenvalue weighted by molar-refractivity contribution is 7.09. The quantitative estimate of drug-likeness (QED) is 0.801. The van der Waals surface area contributed by atoms with Gasteiger partial charge in [0.05, 0.1) is 6.04 Å². The summed E-state index contributed by atoms with van der Waals surface area (Å²) in [5.41, 5.74) is 0. The first-order valence-corrected chi connectivity index (χ1v) is 6.72. The van der Waals surface area contributed by atoms with Gasteiger partial charge in [0.2, 0.25) is 0 Å². The van der Waals surface area contributed by atoms with Gasteiger partial charge in [-0.05, 0) is 19.8 Å². The fourth-order valence-corrected chi connectivity index (χ4v) is 2.70. The van der Waals surface area contributed by atoms with E-state index in [4.69, 9.17) is 0 Å². The van der Waals surface area contributed by atoms with Crippen molar-refractivity contribution in [2.24, 2.45) is 5.92 Å². The lowest BCUT2D eigenvalue weighted by Gasteiger charge is -2.25. The molecule has 2 nitrogen and oxygen atoms in total. The lowest BCUT2D eigenvalue weighted by molar-refractivity contribution is 0.330. The van der Waals surface area contributed by atoms with E-state index in [0.29, 0.717) is 12.1 Å². The predicted octanol–water partition coefficient (Wildman–Crippen LogP) is 3.62. The van der Waals surface area contributed by atoms with Gasteiger partial charge in [-0.1, -0.05) is 26.7 Å². The Labute approximate surface area is 97.1 Å². The lowest BCUT2D eigenvalue weighted by Crippen LogP contribution is -2.34. The molecule has 0 aliphatic rings. The van der Waals surface area contributed by atoms with Gasteiger partial charge in [0.1, 0.15) is 5.01 Å². The van der Waals surface area contributed by atoms with E-state index in [2.05, 4.69) is 38.0 Å². The molecule has 0 fully saturated rings. The molecule has 0 spiro atoms. The molecule has 1 N–H and O–H groups in total. The SMILES string of the molecule is CCC(CC)C(C)NC(C)c1nccs1. The molecule has 1 rings (SSSR count). The Balaban J connectivity index is 2.47. The molecule has 1 aromatic rings. The van der Waals surface area contributed by atoms with Crippen LogP contribution in [0.2, 0.25) is 0 Å². The Hall–Kier alpha value is -0.410. The van der Waals surface area contributed by atoms with Crippen LogP contribution in [0.15, 0.2) is 11.6 Å². The first-order valence-electron chi connectivity index (χ1n) is 5.84. The predicted molar refractivity (Wildman–Crippen MR) is 67.2 cm³/mol. The number of rotatable bonds is 6. The Morgan fingerprint density at radius 2 is 2.00 bits per heavy atom. The van der Waals surface area contributed by atoms with E-state index in [0.717, 1.165) is 5.92 Å². The molecule has 0 aliphatic carbocycles. The molecule has 0 saturated heterocycles. The summed E-state index contributed by atoms with van der Waals surface area (Å²) >= 11 is 1.73. The van der Waals surface area contributed by atoms with Gasteiger partial charge in [0.15, 0.2) is 0 Å². The van der Waals surface area contributed by atoms with Crippen LogP contribution in [0.3, 0.4) is 0 Å². The van der Waals surface area contributed by atoms with Crippen LogP contribution < -0.4 is 5.32 Å². The number of hydrogen-bond acceptors (Lipinski definition) is 3. The third-order valence-corrected chi connectivity index (χ3v) is 4.05. The van der Waals surface area contributed by atoms with Crippen molar-refractivity contribution in [1.82, 2.24) is 10.3 Å². The molecule has 1 aromatic heterocycles. The second-order valence-electron chi connectivity index (χ2n) is 4.12. The summed E-state index contributed by atoms with van der Waals surface area (Å²) in [5, 5.41) is 6.86. The van der Waals surface area contributed by atoms with Crippen LogP contribution in [0.5, 0.6) is 0 Å². The van der Waals surface area contributed by atoms with Gasteiger partial charge in [0.25, 0.3) is 0 Å². The molecule has 0 bridgehead atoms. The maximum Gasteiger partial charge on any atom is 0.109 e. The minimum atomic E-state index is 0.376. The Morgan fingerprint density at radius 1 is 1.33 bits per heavy atom. The third kappa shape index (κ3) is 3.58. The monoisotopic (exact) mass is 226 g/mol. The Bertz CT molecular complexity index is 255. The van der Waals surface area contributed by atoms with Crippen molar-refractivity contribution in [3.63, 3.8) is 0 Å². The number of nitrogens with one attached hydrogen (secondary N) is 1. The number of thiazole rings is 1. The van der Waals surface area contributed by atoms with Gasteiger partial charge < -0.3 is 5.32 Å². The third-order valence-electron chi connectivity index (χ3n) is 3.09. The highest BCUT2D eigenvalue weighted by Gasteiger charge is 2.17. The van der Waals surface area contributed by atoms with E-state index >= 15 is 0 Å². The molecule has 2 atom stereocenters. The smallest absolute Gasteiger partial charge is 0.109 e. The molecule has 2 unspecified atom stereocenters. The zero-order chi connectivity index (χ0) is 11.3. The van der Waals surface area contributed by atoms with Gasteiger partial charge in [0, 0.05) is 17.6 Å². The molecule has 0 saturated carbocycles. The summed E-state index contributed by atoms with van der Waals surface area (Å²) < 4.78 is 0. The average molecular weight is 226 g/mol. The molecule has 1 heterocycles. The lowest BCUT2D eigenvalue weighted by atomic mass is 9.95. The summed E-state index contributed by atoms with van der Waals surface area (Å²) in [6, 6.07) is 0.944. The van der Waals surface area contributed by atoms with Crippen LogP contribution in [0.25, 0.3) is 0 Å². The van der Waals surface area contributed by atoms with Crippen LogP contribution in [-0.4, -0.2) is 11.0 Å². The van der Waals surface area contributed by atoms with Crippen molar-refractivity contribution in [2.75, 3.05) is 0 Å². The van der Waals surface area contributed by atoms with Gasteiger partial charge in [-0.25, -0.2) is 4.98 Å². The fourth-order valence-electron chi connectivity index (χ4n) is 2.05. The first kappa shape index (κ1) is 12.7. The first-order chi connectivity index (χ1) is 7.19. The van der Waals surface area contributed by atoms with Crippen LogP contribution in [-0.2, 0) is 0 Å². The van der Waals surface area contributed by atoms with E-state index in [1.807, 2.05) is 11.6 Å². The van der Waals surface area contributed by atoms with Crippen molar-refractivity contribution in [3.05, 3.63) is 16.6 Å². The minimum Gasteiger partial charge on any atom is -0.305 e. The fraction of sp³-hybridized carbons (Fsp3) is 0.750. The molecular formula is C12H22N2S. The van der Waals surface area contributed by atoms with Gasteiger partial charge in [-0.3, -0.25) is 0 Å². The largest absolute Gasteiger partial charge is 0.305 e. The average Bonchev–Trinajstić information content (AvgIpc) is 2.72. The van der Waals surface area contributed by atoms with E-state index in [1.165, 1.54) is 17.8 Å². The zero-order valence-corrected chi connectivity index (χ0v) is 11.0. The summed E-state index contributed by atoms with van der Waals surface area (Å²) in [4.78, 5) is 4.34. The highest BCUT2D eigenvalue weighted by atomic mass is 32.1. The van der Waals surface area contributed by atoms with Gasteiger partial charge in [-0.2, -0.15) is 0 Å². The van der Waals surface area contributed by atoms with E-state index in [9.17, 15) is 0 Å². The molecule has 0 radical (unpaired) electrons. The second-order valence-corrected chi connectivity index (χ2v) is 5.05. The normalized spacial score (nSPS) is 15.5. The van der Waals surface area contributed by atoms with Crippen molar-refractivity contribution in [1.29, 1.82) is 0 Å². The zero-order valence-electron chi connectivity index (χ0n) is 10.2. The number of aromatic nitrogens is 1. The highest BCUT2D eigenvalue weighted by Crippen LogP contribution is 2.19. The van der Waals surface area contributed by atoms with E-state index in [1.54, 1.807) is 11.3 Å². The van der Waals surface area contributed by atoms with Crippen LogP contribution in [0.4, 0.5) is 0 Å². The second kappa shape index (κ2) is 6.23. The molecule has 0 aliphatic heterocycles. The molecule has 86 valence electrons. The maximum absolute atomic E-state index is 4.34. The standard InChI is InChI=1S/C12H22N2S/c1-5-11(6-2)9(3)14-10(4)12-13-7-8-15-12/h7-11,14H,5-6H2,1-4H3. The van der Waals surface area contributed by atoms with E-state index in [-0.39, 0.29) is 0 Å². The maximum atomic E-state index is 4.34.